The van der Waals surface area contributed by atoms with Gasteiger partial charge in [-0.2, -0.15) is 0 Å². The molecule has 4 nitrogen and oxygen atoms in total. The van der Waals surface area contributed by atoms with Crippen LogP contribution in [0.1, 0.15) is 24.5 Å². The Morgan fingerprint density at radius 2 is 2.00 bits per heavy atom. The molecule has 1 unspecified atom stereocenters. The number of hydrogen-bond donors (Lipinski definition) is 1. The van der Waals surface area contributed by atoms with E-state index in [0.29, 0.717) is 6.54 Å². The lowest BCUT2D eigenvalue weighted by Gasteiger charge is -2.25. The summed E-state index contributed by atoms with van der Waals surface area (Å²) in [5.74, 6) is 0.789. The third-order valence-corrected chi connectivity index (χ3v) is 3.75. The second-order valence-corrected chi connectivity index (χ2v) is 4.78. The second-order valence-electron chi connectivity index (χ2n) is 4.78. The maximum absolute atomic E-state index is 12.3. The molecule has 0 aliphatic carbocycles. The first kappa shape index (κ1) is 15.5. The lowest BCUT2D eigenvalue weighted by atomic mass is 10.0. The SMILES string of the molecule is CCC(CN)C(=O)N(C)c1ccc(OC)c(C)c1C. The minimum atomic E-state index is -0.119. The van der Waals surface area contributed by atoms with Crippen molar-refractivity contribution in [2.75, 3.05) is 25.6 Å². The van der Waals surface area contributed by atoms with E-state index in [-0.39, 0.29) is 11.8 Å². The number of hydrogen-bond acceptors (Lipinski definition) is 3. The van der Waals surface area contributed by atoms with Gasteiger partial charge in [0, 0.05) is 19.3 Å². The van der Waals surface area contributed by atoms with Gasteiger partial charge in [-0.25, -0.2) is 0 Å². The molecule has 0 bridgehead atoms. The van der Waals surface area contributed by atoms with Gasteiger partial charge in [0.15, 0.2) is 0 Å². The average molecular weight is 264 g/mol. The molecule has 2 N–H and O–H groups in total. The van der Waals surface area contributed by atoms with Crippen LogP contribution in [-0.4, -0.2) is 26.6 Å². The van der Waals surface area contributed by atoms with Crippen molar-refractivity contribution in [1.82, 2.24) is 0 Å². The largest absolute Gasteiger partial charge is 0.496 e. The van der Waals surface area contributed by atoms with Gasteiger partial charge in [0.05, 0.1) is 13.0 Å². The molecule has 0 aromatic heterocycles. The molecular formula is C15H24N2O2. The van der Waals surface area contributed by atoms with Crippen LogP contribution in [0.15, 0.2) is 12.1 Å². The zero-order valence-corrected chi connectivity index (χ0v) is 12.5. The van der Waals surface area contributed by atoms with Crippen LogP contribution in [0.4, 0.5) is 5.69 Å². The van der Waals surface area contributed by atoms with Gasteiger partial charge < -0.3 is 15.4 Å². The molecule has 0 spiro atoms. The van der Waals surface area contributed by atoms with Crippen molar-refractivity contribution < 1.29 is 9.53 Å². The summed E-state index contributed by atoms with van der Waals surface area (Å²) in [6.07, 6.45) is 0.758. The Morgan fingerprint density at radius 3 is 2.47 bits per heavy atom. The summed E-state index contributed by atoms with van der Waals surface area (Å²) >= 11 is 0. The quantitative estimate of drug-likeness (QED) is 0.887. The summed E-state index contributed by atoms with van der Waals surface area (Å²) in [5, 5.41) is 0. The van der Waals surface area contributed by atoms with Gasteiger partial charge in [-0.3, -0.25) is 4.79 Å². The van der Waals surface area contributed by atoms with E-state index >= 15 is 0 Å². The fraction of sp³-hybridized carbons (Fsp3) is 0.533. The van der Waals surface area contributed by atoms with Crippen LogP contribution in [0, 0.1) is 19.8 Å². The van der Waals surface area contributed by atoms with Crippen molar-refractivity contribution in [2.45, 2.75) is 27.2 Å². The number of amides is 1. The highest BCUT2D eigenvalue weighted by atomic mass is 16.5. The van der Waals surface area contributed by atoms with Crippen molar-refractivity contribution in [3.8, 4) is 5.75 Å². The predicted molar refractivity (Wildman–Crippen MR) is 78.7 cm³/mol. The Balaban J connectivity index is 3.10. The topological polar surface area (TPSA) is 55.6 Å². The molecule has 1 aromatic rings. The second kappa shape index (κ2) is 6.57. The number of benzene rings is 1. The lowest BCUT2D eigenvalue weighted by Crippen LogP contribution is -2.36. The summed E-state index contributed by atoms with van der Waals surface area (Å²) in [6.45, 7) is 6.36. The zero-order valence-electron chi connectivity index (χ0n) is 12.5. The van der Waals surface area contributed by atoms with E-state index in [0.717, 1.165) is 29.0 Å². The molecule has 0 heterocycles. The molecule has 19 heavy (non-hydrogen) atoms. The number of nitrogens with zero attached hydrogens (tertiary/aromatic N) is 1. The van der Waals surface area contributed by atoms with Crippen molar-refractivity contribution in [3.63, 3.8) is 0 Å². The molecule has 4 heteroatoms. The molecule has 0 saturated heterocycles. The number of methoxy groups -OCH3 is 1. The van der Waals surface area contributed by atoms with E-state index in [1.807, 2.05) is 32.9 Å². The smallest absolute Gasteiger partial charge is 0.231 e. The molecule has 106 valence electrons. The monoisotopic (exact) mass is 264 g/mol. The Bertz CT molecular complexity index is 454. The van der Waals surface area contributed by atoms with E-state index in [4.69, 9.17) is 10.5 Å². The Labute approximate surface area is 115 Å². The van der Waals surface area contributed by atoms with E-state index in [9.17, 15) is 4.79 Å². The van der Waals surface area contributed by atoms with Gasteiger partial charge in [-0.05, 0) is 43.5 Å². The van der Waals surface area contributed by atoms with E-state index in [1.54, 1.807) is 19.1 Å². The molecule has 1 amide bonds. The summed E-state index contributed by atoms with van der Waals surface area (Å²) in [5.41, 5.74) is 8.67. The van der Waals surface area contributed by atoms with Crippen LogP contribution < -0.4 is 15.4 Å². The summed E-state index contributed by atoms with van der Waals surface area (Å²) < 4.78 is 5.29. The van der Waals surface area contributed by atoms with Crippen LogP contribution >= 0.6 is 0 Å². The Hall–Kier alpha value is -1.55. The molecule has 0 saturated carbocycles. The minimum absolute atomic E-state index is 0.0673. The highest BCUT2D eigenvalue weighted by Crippen LogP contribution is 2.30. The maximum Gasteiger partial charge on any atom is 0.231 e. The lowest BCUT2D eigenvalue weighted by molar-refractivity contribution is -0.121. The number of nitrogens with two attached hydrogens (primary N) is 1. The third-order valence-electron chi connectivity index (χ3n) is 3.75. The first-order chi connectivity index (χ1) is 8.97. The van der Waals surface area contributed by atoms with Gasteiger partial charge in [0.25, 0.3) is 0 Å². The molecule has 0 radical (unpaired) electrons. The molecule has 0 aliphatic rings. The fourth-order valence-corrected chi connectivity index (χ4v) is 2.20. The highest BCUT2D eigenvalue weighted by molar-refractivity contribution is 5.95. The van der Waals surface area contributed by atoms with Crippen molar-refractivity contribution >= 4 is 11.6 Å². The van der Waals surface area contributed by atoms with Crippen LogP contribution in [0.5, 0.6) is 5.75 Å². The average Bonchev–Trinajstić information content (AvgIpc) is 2.42. The van der Waals surface area contributed by atoms with Crippen molar-refractivity contribution in [3.05, 3.63) is 23.3 Å². The Morgan fingerprint density at radius 1 is 1.37 bits per heavy atom. The van der Waals surface area contributed by atoms with Crippen LogP contribution in [0.2, 0.25) is 0 Å². The van der Waals surface area contributed by atoms with Gasteiger partial charge in [0.2, 0.25) is 5.91 Å². The van der Waals surface area contributed by atoms with Crippen LogP contribution in [-0.2, 0) is 4.79 Å². The van der Waals surface area contributed by atoms with Gasteiger partial charge in [0.1, 0.15) is 5.75 Å². The molecule has 0 aliphatic heterocycles. The first-order valence-corrected chi connectivity index (χ1v) is 6.59. The number of carbonyl (C=O) groups excluding carboxylic acids is 1. The zero-order chi connectivity index (χ0) is 14.6. The molecule has 0 fully saturated rings. The van der Waals surface area contributed by atoms with Gasteiger partial charge >= 0.3 is 0 Å². The maximum atomic E-state index is 12.3. The van der Waals surface area contributed by atoms with Gasteiger partial charge in [-0.1, -0.05) is 6.92 Å². The summed E-state index contributed by atoms with van der Waals surface area (Å²) in [6, 6.07) is 3.81. The molecule has 1 aromatic carbocycles. The normalized spacial score (nSPS) is 12.1. The first-order valence-electron chi connectivity index (χ1n) is 6.59. The number of ether oxygens (including phenoxy) is 1. The van der Waals surface area contributed by atoms with E-state index < -0.39 is 0 Å². The predicted octanol–water partition coefficient (Wildman–Crippen LogP) is 2.26. The van der Waals surface area contributed by atoms with Gasteiger partial charge in [-0.15, -0.1) is 0 Å². The minimum Gasteiger partial charge on any atom is -0.496 e. The van der Waals surface area contributed by atoms with E-state index in [2.05, 4.69) is 0 Å². The fourth-order valence-electron chi connectivity index (χ4n) is 2.20. The Kier molecular flexibility index (Phi) is 5.36. The number of carbonyl (C=O) groups is 1. The summed E-state index contributed by atoms with van der Waals surface area (Å²) in [7, 11) is 3.45. The molecule has 1 atom stereocenters. The molecule has 1 rings (SSSR count). The summed E-state index contributed by atoms with van der Waals surface area (Å²) in [4.78, 5) is 14.0. The van der Waals surface area contributed by atoms with Crippen LogP contribution in [0.25, 0.3) is 0 Å². The number of anilines is 1. The number of rotatable bonds is 5. The van der Waals surface area contributed by atoms with Crippen molar-refractivity contribution in [1.29, 1.82) is 0 Å². The van der Waals surface area contributed by atoms with E-state index in [1.165, 1.54) is 0 Å². The van der Waals surface area contributed by atoms with Crippen molar-refractivity contribution in [2.24, 2.45) is 11.7 Å². The third kappa shape index (κ3) is 3.07. The molecular weight excluding hydrogens is 240 g/mol. The highest BCUT2D eigenvalue weighted by Gasteiger charge is 2.22. The standard InChI is InChI=1S/C15H24N2O2/c1-6-12(9-16)15(18)17(4)13-7-8-14(19-5)11(3)10(13)2/h7-8,12H,6,9,16H2,1-5H3. The van der Waals surface area contributed by atoms with Crippen LogP contribution in [0.3, 0.4) is 0 Å².